The predicted molar refractivity (Wildman–Crippen MR) is 102 cm³/mol. The first kappa shape index (κ1) is 19.5. The molecule has 1 aromatic carbocycles. The van der Waals surface area contributed by atoms with Gasteiger partial charge in [-0.2, -0.15) is 0 Å². The molecule has 0 bridgehead atoms. The first-order valence-electron chi connectivity index (χ1n) is 8.75. The van der Waals surface area contributed by atoms with Crippen molar-refractivity contribution in [1.29, 1.82) is 0 Å². The fourth-order valence-corrected chi connectivity index (χ4v) is 4.35. The van der Waals surface area contributed by atoms with Crippen molar-refractivity contribution < 1.29 is 13.2 Å². The van der Waals surface area contributed by atoms with Crippen molar-refractivity contribution in [1.82, 2.24) is 10.2 Å². The lowest BCUT2D eigenvalue weighted by Crippen LogP contribution is -2.34. The number of likely N-dealkylation sites (N-methyl/N-ethyl adjacent to an activating group) is 1. The highest BCUT2D eigenvalue weighted by Gasteiger charge is 2.28. The molecule has 138 valence electrons. The van der Waals surface area contributed by atoms with Crippen LogP contribution in [0.25, 0.3) is 6.08 Å². The predicted octanol–water partition coefficient (Wildman–Crippen LogP) is 1.70. The molecule has 2 rings (SSSR count). The van der Waals surface area contributed by atoms with Crippen molar-refractivity contribution in [3.05, 3.63) is 35.9 Å². The molecule has 0 unspecified atom stereocenters. The normalized spacial score (nSPS) is 16.7. The second-order valence-electron chi connectivity index (χ2n) is 5.98. The molecular formula is C18H27N3O3S. The Kier molecular flexibility index (Phi) is 7.01. The van der Waals surface area contributed by atoms with E-state index in [0.717, 1.165) is 25.2 Å². The molecule has 6 nitrogen and oxygen atoms in total. The van der Waals surface area contributed by atoms with Gasteiger partial charge in [-0.3, -0.25) is 9.10 Å². The van der Waals surface area contributed by atoms with E-state index >= 15 is 0 Å². The molecule has 1 aliphatic rings. The van der Waals surface area contributed by atoms with Gasteiger partial charge in [-0.1, -0.05) is 26.0 Å². The molecule has 0 radical (unpaired) electrons. The summed E-state index contributed by atoms with van der Waals surface area (Å²) in [7, 11) is -3.15. The Morgan fingerprint density at radius 2 is 1.92 bits per heavy atom. The summed E-state index contributed by atoms with van der Waals surface area (Å²) in [6.45, 7) is 8.14. The van der Waals surface area contributed by atoms with Gasteiger partial charge in [0.15, 0.2) is 0 Å². The van der Waals surface area contributed by atoms with Crippen molar-refractivity contribution in [2.75, 3.05) is 42.8 Å². The zero-order valence-electron chi connectivity index (χ0n) is 14.9. The van der Waals surface area contributed by atoms with Crippen LogP contribution in [0.4, 0.5) is 5.69 Å². The summed E-state index contributed by atoms with van der Waals surface area (Å²) < 4.78 is 25.3. The standard InChI is InChI=1S/C18H27N3O3S/c1-3-20(4-2)14-12-19-18(22)11-8-16-6-9-17(10-7-16)21-13-5-15-25(21,23)24/h6-11H,3-5,12-15H2,1-2H3,(H,19,22)/b11-8+. The number of carbonyl (C=O) groups excluding carboxylic acids is 1. The summed E-state index contributed by atoms with van der Waals surface area (Å²) in [5.41, 5.74) is 1.54. The molecule has 1 N–H and O–H groups in total. The van der Waals surface area contributed by atoms with Crippen molar-refractivity contribution in [2.45, 2.75) is 20.3 Å². The van der Waals surface area contributed by atoms with E-state index in [1.165, 1.54) is 10.4 Å². The van der Waals surface area contributed by atoms with E-state index in [0.29, 0.717) is 25.2 Å². The van der Waals surface area contributed by atoms with Gasteiger partial charge in [0.25, 0.3) is 0 Å². The van der Waals surface area contributed by atoms with E-state index in [2.05, 4.69) is 24.1 Å². The Morgan fingerprint density at radius 1 is 1.24 bits per heavy atom. The van der Waals surface area contributed by atoms with Gasteiger partial charge in [-0.25, -0.2) is 8.42 Å². The topological polar surface area (TPSA) is 69.7 Å². The third-order valence-electron chi connectivity index (χ3n) is 4.33. The molecule has 7 heteroatoms. The van der Waals surface area contributed by atoms with Crippen LogP contribution in [0.5, 0.6) is 0 Å². The molecule has 1 aromatic rings. The van der Waals surface area contributed by atoms with Crippen molar-refractivity contribution in [3.63, 3.8) is 0 Å². The van der Waals surface area contributed by atoms with Crippen molar-refractivity contribution >= 4 is 27.7 Å². The molecule has 1 amide bonds. The number of hydrogen-bond acceptors (Lipinski definition) is 4. The van der Waals surface area contributed by atoms with E-state index in [4.69, 9.17) is 0 Å². The van der Waals surface area contributed by atoms with Gasteiger partial charge in [0.1, 0.15) is 0 Å². The minimum Gasteiger partial charge on any atom is -0.351 e. The Morgan fingerprint density at radius 3 is 2.48 bits per heavy atom. The Labute approximate surface area is 150 Å². The monoisotopic (exact) mass is 365 g/mol. The average molecular weight is 365 g/mol. The van der Waals surface area contributed by atoms with Crippen molar-refractivity contribution in [2.24, 2.45) is 0 Å². The molecular weight excluding hydrogens is 338 g/mol. The summed E-state index contributed by atoms with van der Waals surface area (Å²) >= 11 is 0. The van der Waals surface area contributed by atoms with Crippen LogP contribution in [0.15, 0.2) is 30.3 Å². The molecule has 0 aliphatic carbocycles. The molecule has 1 aliphatic heterocycles. The fraction of sp³-hybridized carbons (Fsp3) is 0.500. The number of benzene rings is 1. The lowest BCUT2D eigenvalue weighted by atomic mass is 10.2. The number of anilines is 1. The maximum absolute atomic E-state index is 11.9. The highest BCUT2D eigenvalue weighted by Crippen LogP contribution is 2.24. The second-order valence-corrected chi connectivity index (χ2v) is 8.00. The first-order chi connectivity index (χ1) is 12.0. The van der Waals surface area contributed by atoms with Crippen LogP contribution in [-0.2, 0) is 14.8 Å². The summed E-state index contributed by atoms with van der Waals surface area (Å²) in [6.07, 6.45) is 3.90. The van der Waals surface area contributed by atoms with Crippen LogP contribution in [0.3, 0.4) is 0 Å². The SMILES string of the molecule is CCN(CC)CCNC(=O)/C=C/c1ccc(N2CCCS2(=O)=O)cc1. The number of nitrogens with one attached hydrogen (secondary N) is 1. The molecule has 1 fully saturated rings. The fourth-order valence-electron chi connectivity index (χ4n) is 2.79. The van der Waals surface area contributed by atoms with E-state index in [1.807, 2.05) is 12.1 Å². The number of amides is 1. The molecule has 0 saturated carbocycles. The maximum Gasteiger partial charge on any atom is 0.244 e. The number of hydrogen-bond donors (Lipinski definition) is 1. The number of carbonyl (C=O) groups is 1. The van der Waals surface area contributed by atoms with Crippen LogP contribution in [0.2, 0.25) is 0 Å². The first-order valence-corrected chi connectivity index (χ1v) is 10.4. The zero-order valence-corrected chi connectivity index (χ0v) is 15.8. The summed E-state index contributed by atoms with van der Waals surface area (Å²) in [5, 5.41) is 2.86. The number of sulfonamides is 1. The molecule has 25 heavy (non-hydrogen) atoms. The van der Waals surface area contributed by atoms with Gasteiger partial charge in [0.2, 0.25) is 15.9 Å². The number of nitrogens with zero attached hydrogens (tertiary/aromatic N) is 2. The van der Waals surface area contributed by atoms with Gasteiger partial charge < -0.3 is 10.2 Å². The van der Waals surface area contributed by atoms with Crippen LogP contribution in [0, 0.1) is 0 Å². The third kappa shape index (κ3) is 5.57. The maximum atomic E-state index is 11.9. The lowest BCUT2D eigenvalue weighted by Gasteiger charge is -2.17. The van der Waals surface area contributed by atoms with E-state index in [9.17, 15) is 13.2 Å². The van der Waals surface area contributed by atoms with Crippen molar-refractivity contribution in [3.8, 4) is 0 Å². The summed E-state index contributed by atoms with van der Waals surface area (Å²) in [4.78, 5) is 14.1. The molecule has 0 atom stereocenters. The minimum absolute atomic E-state index is 0.127. The van der Waals surface area contributed by atoms with Crippen LogP contribution < -0.4 is 9.62 Å². The van der Waals surface area contributed by atoms with E-state index in [1.54, 1.807) is 18.2 Å². The molecule has 1 saturated heterocycles. The Hall–Kier alpha value is -1.86. The lowest BCUT2D eigenvalue weighted by molar-refractivity contribution is -0.116. The van der Waals surface area contributed by atoms with Gasteiger partial charge >= 0.3 is 0 Å². The van der Waals surface area contributed by atoms with Crippen LogP contribution >= 0.6 is 0 Å². The van der Waals surface area contributed by atoms with E-state index in [-0.39, 0.29) is 11.7 Å². The third-order valence-corrected chi connectivity index (χ3v) is 6.20. The highest BCUT2D eigenvalue weighted by molar-refractivity contribution is 7.93. The molecule has 1 heterocycles. The Balaban J connectivity index is 1.86. The summed E-state index contributed by atoms with van der Waals surface area (Å²) in [5.74, 6) is 0.0841. The largest absolute Gasteiger partial charge is 0.351 e. The van der Waals surface area contributed by atoms with Crippen LogP contribution in [-0.4, -0.2) is 57.7 Å². The van der Waals surface area contributed by atoms with Gasteiger partial charge in [-0.15, -0.1) is 0 Å². The van der Waals surface area contributed by atoms with Gasteiger partial charge in [0.05, 0.1) is 11.4 Å². The minimum atomic E-state index is -3.15. The Bertz CT molecular complexity index is 695. The average Bonchev–Trinajstić information content (AvgIpc) is 2.96. The zero-order chi connectivity index (χ0) is 18.3. The summed E-state index contributed by atoms with van der Waals surface area (Å²) in [6, 6.07) is 7.20. The molecule has 0 spiro atoms. The quantitative estimate of drug-likeness (QED) is 0.712. The number of rotatable bonds is 8. The second kappa shape index (κ2) is 9.01. The van der Waals surface area contributed by atoms with Gasteiger partial charge in [-0.05, 0) is 43.3 Å². The van der Waals surface area contributed by atoms with Gasteiger partial charge in [0, 0.05) is 25.7 Å². The van der Waals surface area contributed by atoms with E-state index < -0.39 is 10.0 Å². The smallest absolute Gasteiger partial charge is 0.244 e. The molecule has 0 aromatic heterocycles. The highest BCUT2D eigenvalue weighted by atomic mass is 32.2. The van der Waals surface area contributed by atoms with Crippen LogP contribution in [0.1, 0.15) is 25.8 Å².